The van der Waals surface area contributed by atoms with Gasteiger partial charge in [0.1, 0.15) is 0 Å². The number of hydrogen-bond donors (Lipinski definition) is 1. The Morgan fingerprint density at radius 1 is 1.05 bits per heavy atom. The Labute approximate surface area is 127 Å². The topological polar surface area (TPSA) is 26.0 Å². The summed E-state index contributed by atoms with van der Waals surface area (Å²) in [5.74, 6) is 0.944. The lowest BCUT2D eigenvalue weighted by Gasteiger charge is -2.11. The van der Waals surface area contributed by atoms with Crippen LogP contribution in [0, 0.1) is 6.92 Å². The standard InChI is InChI=1S/C16H18BrNS/c1-12-2-8-16(9-3-12)19-11-15(18)10-13-4-6-14(17)7-5-13/h2-9,15H,10-11,18H2,1H3. The van der Waals surface area contributed by atoms with E-state index in [2.05, 4.69) is 71.4 Å². The molecular formula is C16H18BrNS. The third kappa shape index (κ3) is 5.01. The highest BCUT2D eigenvalue weighted by Crippen LogP contribution is 2.20. The lowest BCUT2D eigenvalue weighted by atomic mass is 10.1. The number of aryl methyl sites for hydroxylation is 1. The maximum Gasteiger partial charge on any atom is 0.0175 e. The van der Waals surface area contributed by atoms with Gasteiger partial charge in [0.2, 0.25) is 0 Å². The number of halogens is 1. The van der Waals surface area contributed by atoms with Crippen molar-refractivity contribution >= 4 is 27.7 Å². The Kier molecular flexibility index (Phi) is 5.49. The van der Waals surface area contributed by atoms with Gasteiger partial charge in [0.25, 0.3) is 0 Å². The summed E-state index contributed by atoms with van der Waals surface area (Å²) >= 11 is 5.27. The van der Waals surface area contributed by atoms with E-state index in [1.165, 1.54) is 16.0 Å². The molecule has 2 rings (SSSR count). The summed E-state index contributed by atoms with van der Waals surface area (Å²) in [6, 6.07) is 17.2. The summed E-state index contributed by atoms with van der Waals surface area (Å²) < 4.78 is 1.11. The first-order chi connectivity index (χ1) is 9.13. The highest BCUT2D eigenvalue weighted by Gasteiger charge is 2.05. The second kappa shape index (κ2) is 7.13. The zero-order valence-corrected chi connectivity index (χ0v) is 13.4. The summed E-state index contributed by atoms with van der Waals surface area (Å²) in [4.78, 5) is 1.29. The van der Waals surface area contributed by atoms with Crippen molar-refractivity contribution in [1.82, 2.24) is 0 Å². The van der Waals surface area contributed by atoms with Gasteiger partial charge in [-0.15, -0.1) is 11.8 Å². The van der Waals surface area contributed by atoms with Crippen molar-refractivity contribution in [2.75, 3.05) is 5.75 Å². The summed E-state index contributed by atoms with van der Waals surface area (Å²) in [6.07, 6.45) is 0.923. The van der Waals surface area contributed by atoms with Crippen LogP contribution in [0.2, 0.25) is 0 Å². The number of hydrogen-bond acceptors (Lipinski definition) is 2. The Bertz CT molecular complexity index is 507. The van der Waals surface area contributed by atoms with Crippen molar-refractivity contribution in [2.24, 2.45) is 5.73 Å². The smallest absolute Gasteiger partial charge is 0.0175 e. The molecule has 2 aromatic rings. The van der Waals surface area contributed by atoms with Gasteiger partial charge in [-0.25, -0.2) is 0 Å². The largest absolute Gasteiger partial charge is 0.327 e. The van der Waals surface area contributed by atoms with E-state index in [0.29, 0.717) is 0 Å². The van der Waals surface area contributed by atoms with E-state index in [1.807, 2.05) is 11.8 Å². The van der Waals surface area contributed by atoms with Crippen molar-refractivity contribution in [2.45, 2.75) is 24.3 Å². The van der Waals surface area contributed by atoms with Gasteiger partial charge in [0, 0.05) is 21.2 Å². The molecule has 1 nitrogen and oxygen atoms in total. The lowest BCUT2D eigenvalue weighted by Crippen LogP contribution is -2.25. The van der Waals surface area contributed by atoms with Crippen molar-refractivity contribution in [3.05, 3.63) is 64.1 Å². The second-order valence-corrected chi connectivity index (χ2v) is 6.72. The SMILES string of the molecule is Cc1ccc(SCC(N)Cc2ccc(Br)cc2)cc1. The van der Waals surface area contributed by atoms with Crippen LogP contribution in [0.1, 0.15) is 11.1 Å². The Balaban J connectivity index is 1.82. The number of rotatable bonds is 5. The molecule has 0 aromatic heterocycles. The minimum absolute atomic E-state index is 0.187. The first-order valence-corrected chi connectivity index (χ1v) is 8.11. The van der Waals surface area contributed by atoms with E-state index < -0.39 is 0 Å². The molecule has 0 aliphatic heterocycles. The quantitative estimate of drug-likeness (QED) is 0.818. The molecule has 1 unspecified atom stereocenters. The Morgan fingerprint density at radius 3 is 2.32 bits per heavy atom. The fourth-order valence-electron chi connectivity index (χ4n) is 1.82. The van der Waals surface area contributed by atoms with E-state index in [4.69, 9.17) is 5.73 Å². The van der Waals surface area contributed by atoms with Crippen LogP contribution in [0.4, 0.5) is 0 Å². The molecule has 0 heterocycles. The molecule has 0 aliphatic carbocycles. The minimum Gasteiger partial charge on any atom is -0.327 e. The number of thioether (sulfide) groups is 1. The Hall–Kier alpha value is -0.770. The molecule has 0 saturated heterocycles. The van der Waals surface area contributed by atoms with Crippen LogP contribution in [-0.2, 0) is 6.42 Å². The van der Waals surface area contributed by atoms with Crippen molar-refractivity contribution in [1.29, 1.82) is 0 Å². The summed E-state index contributed by atoms with van der Waals surface area (Å²) in [6.45, 7) is 2.10. The second-order valence-electron chi connectivity index (χ2n) is 4.71. The molecule has 0 amide bonds. The van der Waals surface area contributed by atoms with Crippen molar-refractivity contribution in [3.63, 3.8) is 0 Å². The lowest BCUT2D eigenvalue weighted by molar-refractivity contribution is 0.748. The molecule has 3 heteroatoms. The van der Waals surface area contributed by atoms with Gasteiger partial charge in [-0.05, 0) is 43.2 Å². The summed E-state index contributed by atoms with van der Waals surface area (Å²) in [5.41, 5.74) is 8.78. The maximum atomic E-state index is 6.19. The van der Waals surface area contributed by atoms with Gasteiger partial charge in [-0.2, -0.15) is 0 Å². The molecule has 0 saturated carbocycles. The zero-order valence-electron chi connectivity index (χ0n) is 11.0. The van der Waals surface area contributed by atoms with Gasteiger partial charge in [-0.1, -0.05) is 45.8 Å². The molecule has 0 fully saturated rings. The van der Waals surface area contributed by atoms with E-state index in [1.54, 1.807) is 0 Å². The third-order valence-electron chi connectivity index (χ3n) is 2.90. The third-order valence-corrected chi connectivity index (χ3v) is 4.63. The van der Waals surface area contributed by atoms with E-state index in [9.17, 15) is 0 Å². The first-order valence-electron chi connectivity index (χ1n) is 6.33. The van der Waals surface area contributed by atoms with Crippen LogP contribution in [0.15, 0.2) is 57.9 Å². The van der Waals surface area contributed by atoms with Crippen LogP contribution >= 0.6 is 27.7 Å². The van der Waals surface area contributed by atoms with Gasteiger partial charge < -0.3 is 5.73 Å². The van der Waals surface area contributed by atoms with E-state index in [-0.39, 0.29) is 6.04 Å². The maximum absolute atomic E-state index is 6.19. The first kappa shape index (κ1) is 14.6. The predicted molar refractivity (Wildman–Crippen MR) is 87.7 cm³/mol. The van der Waals surface area contributed by atoms with Crippen molar-refractivity contribution < 1.29 is 0 Å². The highest BCUT2D eigenvalue weighted by molar-refractivity contribution is 9.10. The predicted octanol–water partition coefficient (Wildman–Crippen LogP) is 4.42. The van der Waals surface area contributed by atoms with E-state index >= 15 is 0 Å². The average Bonchev–Trinajstić information content (AvgIpc) is 2.41. The molecule has 0 spiro atoms. The minimum atomic E-state index is 0.187. The fourth-order valence-corrected chi connectivity index (χ4v) is 2.94. The van der Waals surface area contributed by atoms with Crippen molar-refractivity contribution in [3.8, 4) is 0 Å². The van der Waals surface area contributed by atoms with E-state index in [0.717, 1.165) is 16.6 Å². The molecule has 100 valence electrons. The van der Waals surface area contributed by atoms with Crippen LogP contribution in [0.3, 0.4) is 0 Å². The normalized spacial score (nSPS) is 12.4. The number of benzene rings is 2. The average molecular weight is 336 g/mol. The molecule has 2 N–H and O–H groups in total. The molecule has 19 heavy (non-hydrogen) atoms. The highest BCUT2D eigenvalue weighted by atomic mass is 79.9. The molecule has 2 aromatic carbocycles. The van der Waals surface area contributed by atoms with Crippen LogP contribution < -0.4 is 5.73 Å². The van der Waals surface area contributed by atoms with Gasteiger partial charge >= 0.3 is 0 Å². The molecular weight excluding hydrogens is 318 g/mol. The summed E-state index contributed by atoms with van der Waals surface area (Å²) in [7, 11) is 0. The summed E-state index contributed by atoms with van der Waals surface area (Å²) in [5, 5.41) is 0. The van der Waals surface area contributed by atoms with Crippen LogP contribution in [-0.4, -0.2) is 11.8 Å². The molecule has 1 atom stereocenters. The number of nitrogens with two attached hydrogens (primary N) is 1. The van der Waals surface area contributed by atoms with Gasteiger partial charge in [0.05, 0.1) is 0 Å². The monoisotopic (exact) mass is 335 g/mol. The molecule has 0 bridgehead atoms. The molecule has 0 aliphatic rings. The van der Waals surface area contributed by atoms with Gasteiger partial charge in [-0.3, -0.25) is 0 Å². The zero-order chi connectivity index (χ0) is 13.7. The van der Waals surface area contributed by atoms with Crippen LogP contribution in [0.25, 0.3) is 0 Å². The Morgan fingerprint density at radius 2 is 1.68 bits per heavy atom. The van der Waals surface area contributed by atoms with Gasteiger partial charge in [0.15, 0.2) is 0 Å². The van der Waals surface area contributed by atoms with Crippen LogP contribution in [0.5, 0.6) is 0 Å². The molecule has 0 radical (unpaired) electrons. The fraction of sp³-hybridized carbons (Fsp3) is 0.250.